The van der Waals surface area contributed by atoms with Crippen LogP contribution in [-0.2, 0) is 14.4 Å². The number of nitrogens with zero attached hydrogens (tertiary/aromatic N) is 1. The molecule has 0 bridgehead atoms. The SMILES string of the molecule is CC(C)(S)[C@@H](C(=O)O)N1CC(=O)CC1=O. The normalized spacial score (nSPS) is 19.5. The summed E-state index contributed by atoms with van der Waals surface area (Å²) in [6.45, 7) is 3.08. The highest BCUT2D eigenvalue weighted by molar-refractivity contribution is 7.81. The predicted octanol–water partition coefficient (Wildman–Crippen LogP) is -0.0506. The lowest BCUT2D eigenvalue weighted by Crippen LogP contribution is -2.52. The molecule has 0 aromatic carbocycles. The van der Waals surface area contributed by atoms with E-state index in [0.717, 1.165) is 4.90 Å². The third kappa shape index (κ3) is 2.50. The molecule has 6 heteroatoms. The van der Waals surface area contributed by atoms with Gasteiger partial charge < -0.3 is 10.0 Å². The number of hydrogen-bond acceptors (Lipinski definition) is 4. The van der Waals surface area contributed by atoms with E-state index in [2.05, 4.69) is 12.6 Å². The maximum Gasteiger partial charge on any atom is 0.327 e. The van der Waals surface area contributed by atoms with Crippen LogP contribution < -0.4 is 0 Å². The Labute approximate surface area is 92.8 Å². The number of hydrogen-bond donors (Lipinski definition) is 2. The highest BCUT2D eigenvalue weighted by Crippen LogP contribution is 2.25. The van der Waals surface area contributed by atoms with E-state index in [1.54, 1.807) is 13.8 Å². The van der Waals surface area contributed by atoms with Crippen LogP contribution in [0.25, 0.3) is 0 Å². The van der Waals surface area contributed by atoms with Crippen molar-refractivity contribution in [3.8, 4) is 0 Å². The van der Waals surface area contributed by atoms with Gasteiger partial charge in [-0.2, -0.15) is 12.6 Å². The molecule has 84 valence electrons. The van der Waals surface area contributed by atoms with Crippen LogP contribution >= 0.6 is 12.6 Å². The van der Waals surface area contributed by atoms with E-state index in [9.17, 15) is 14.4 Å². The van der Waals surface area contributed by atoms with Crippen LogP contribution in [0.3, 0.4) is 0 Å². The lowest BCUT2D eigenvalue weighted by molar-refractivity contribution is -0.149. The van der Waals surface area contributed by atoms with Gasteiger partial charge in [-0.25, -0.2) is 4.79 Å². The van der Waals surface area contributed by atoms with Crippen molar-refractivity contribution in [2.75, 3.05) is 6.54 Å². The van der Waals surface area contributed by atoms with E-state index in [-0.39, 0.29) is 18.7 Å². The first kappa shape index (κ1) is 12.0. The third-order valence-electron chi connectivity index (χ3n) is 2.23. The molecule has 1 aliphatic heterocycles. The molecule has 0 saturated carbocycles. The minimum absolute atomic E-state index is 0.125. The Morgan fingerprint density at radius 2 is 2.07 bits per heavy atom. The molecule has 0 spiro atoms. The van der Waals surface area contributed by atoms with Crippen LogP contribution in [0.4, 0.5) is 0 Å². The zero-order valence-electron chi connectivity index (χ0n) is 8.56. The van der Waals surface area contributed by atoms with E-state index >= 15 is 0 Å². The van der Waals surface area contributed by atoms with Gasteiger partial charge in [-0.15, -0.1) is 0 Å². The highest BCUT2D eigenvalue weighted by atomic mass is 32.1. The largest absolute Gasteiger partial charge is 0.480 e. The van der Waals surface area contributed by atoms with Gasteiger partial charge in [-0.1, -0.05) is 0 Å². The molecule has 1 atom stereocenters. The summed E-state index contributed by atoms with van der Waals surface area (Å²) in [5.74, 6) is -1.82. The fourth-order valence-corrected chi connectivity index (χ4v) is 1.91. The minimum Gasteiger partial charge on any atom is -0.480 e. The molecule has 1 aliphatic rings. The Balaban J connectivity index is 2.96. The molecule has 1 N–H and O–H groups in total. The number of carboxylic acid groups (broad SMARTS) is 1. The first-order valence-corrected chi connectivity index (χ1v) is 4.94. The van der Waals surface area contributed by atoms with Crippen molar-refractivity contribution in [2.24, 2.45) is 0 Å². The van der Waals surface area contributed by atoms with Gasteiger partial charge in [-0.3, -0.25) is 9.59 Å². The summed E-state index contributed by atoms with van der Waals surface area (Å²) in [4.78, 5) is 34.5. The summed E-state index contributed by atoms with van der Waals surface area (Å²) in [7, 11) is 0. The number of ketones is 1. The Morgan fingerprint density at radius 1 is 1.53 bits per heavy atom. The summed E-state index contributed by atoms with van der Waals surface area (Å²) < 4.78 is -0.883. The van der Waals surface area contributed by atoms with E-state index in [1.165, 1.54) is 0 Å². The molecule has 0 aliphatic carbocycles. The van der Waals surface area contributed by atoms with Crippen molar-refractivity contribution in [1.82, 2.24) is 4.90 Å². The molecule has 15 heavy (non-hydrogen) atoms. The Kier molecular flexibility index (Phi) is 3.08. The van der Waals surface area contributed by atoms with Crippen molar-refractivity contribution in [3.05, 3.63) is 0 Å². The molecule has 1 rings (SSSR count). The molecule has 0 unspecified atom stereocenters. The minimum atomic E-state index is -1.14. The van der Waals surface area contributed by atoms with E-state index < -0.39 is 22.7 Å². The number of carbonyl (C=O) groups is 3. The van der Waals surface area contributed by atoms with Crippen molar-refractivity contribution in [2.45, 2.75) is 31.1 Å². The topological polar surface area (TPSA) is 74.7 Å². The lowest BCUT2D eigenvalue weighted by atomic mass is 10.0. The predicted molar refractivity (Wildman–Crippen MR) is 55.8 cm³/mol. The van der Waals surface area contributed by atoms with Gasteiger partial charge in [0, 0.05) is 4.75 Å². The number of thiol groups is 1. The van der Waals surface area contributed by atoms with Gasteiger partial charge in [0.05, 0.1) is 13.0 Å². The number of amides is 1. The van der Waals surface area contributed by atoms with Gasteiger partial charge in [0.1, 0.15) is 6.04 Å². The van der Waals surface area contributed by atoms with E-state index in [0.29, 0.717) is 0 Å². The fourth-order valence-electron chi connectivity index (χ4n) is 1.66. The zero-order valence-corrected chi connectivity index (χ0v) is 9.45. The standard InChI is InChI=1S/C9H13NO4S/c1-9(2,15)7(8(13)14)10-4-5(11)3-6(10)12/h7,15H,3-4H2,1-2H3,(H,13,14)/t7-/m1/s1. The number of carbonyl (C=O) groups excluding carboxylic acids is 2. The quantitative estimate of drug-likeness (QED) is 0.527. The average Bonchev–Trinajstić information content (AvgIpc) is 2.26. The van der Waals surface area contributed by atoms with Gasteiger partial charge in [0.15, 0.2) is 5.78 Å². The first-order chi connectivity index (χ1) is 6.73. The average molecular weight is 231 g/mol. The number of Topliss-reactive ketones (excluding diaryl/α,β-unsaturated/α-hetero) is 1. The molecular formula is C9H13NO4S. The van der Waals surface area contributed by atoms with Crippen molar-refractivity contribution < 1.29 is 19.5 Å². The van der Waals surface area contributed by atoms with Gasteiger partial charge >= 0.3 is 5.97 Å². The third-order valence-corrected chi connectivity index (χ3v) is 2.47. The van der Waals surface area contributed by atoms with Crippen LogP contribution in [0.15, 0.2) is 0 Å². The van der Waals surface area contributed by atoms with Crippen LogP contribution in [0.2, 0.25) is 0 Å². The number of carboxylic acids is 1. The maximum atomic E-state index is 11.4. The summed E-state index contributed by atoms with van der Waals surface area (Å²) in [5, 5.41) is 9.02. The summed E-state index contributed by atoms with van der Waals surface area (Å²) in [5.41, 5.74) is 0. The smallest absolute Gasteiger partial charge is 0.327 e. The molecular weight excluding hydrogens is 218 g/mol. The first-order valence-electron chi connectivity index (χ1n) is 4.50. The van der Waals surface area contributed by atoms with E-state index in [1.807, 2.05) is 0 Å². The maximum absolute atomic E-state index is 11.4. The van der Waals surface area contributed by atoms with Gasteiger partial charge in [0.2, 0.25) is 5.91 Å². The molecule has 0 radical (unpaired) electrons. The second-order valence-electron chi connectivity index (χ2n) is 4.13. The second-order valence-corrected chi connectivity index (χ2v) is 5.28. The van der Waals surface area contributed by atoms with Gasteiger partial charge in [-0.05, 0) is 13.8 Å². The van der Waals surface area contributed by atoms with Crippen molar-refractivity contribution in [3.63, 3.8) is 0 Å². The Morgan fingerprint density at radius 3 is 2.33 bits per heavy atom. The summed E-state index contributed by atoms with van der Waals surface area (Å²) >= 11 is 4.15. The molecule has 1 saturated heterocycles. The Bertz CT molecular complexity index is 321. The van der Waals surface area contributed by atoms with Crippen molar-refractivity contribution >= 4 is 30.3 Å². The molecule has 0 aromatic rings. The molecule has 1 heterocycles. The lowest BCUT2D eigenvalue weighted by Gasteiger charge is -2.33. The highest BCUT2D eigenvalue weighted by Gasteiger charge is 2.43. The van der Waals surface area contributed by atoms with Gasteiger partial charge in [0.25, 0.3) is 0 Å². The van der Waals surface area contributed by atoms with E-state index in [4.69, 9.17) is 5.11 Å². The summed E-state index contributed by atoms with van der Waals surface area (Å²) in [6, 6.07) is -1.07. The van der Waals surface area contributed by atoms with Crippen LogP contribution in [0.5, 0.6) is 0 Å². The van der Waals surface area contributed by atoms with Crippen LogP contribution in [0, 0.1) is 0 Å². The van der Waals surface area contributed by atoms with Crippen LogP contribution in [-0.4, -0.2) is 45.0 Å². The second kappa shape index (κ2) is 3.84. The molecule has 5 nitrogen and oxygen atoms in total. The number of rotatable bonds is 3. The number of aliphatic carboxylic acids is 1. The summed E-state index contributed by atoms with van der Waals surface area (Å²) in [6.07, 6.45) is -0.201. The molecule has 1 fully saturated rings. The fraction of sp³-hybridized carbons (Fsp3) is 0.667. The van der Waals surface area contributed by atoms with Crippen LogP contribution in [0.1, 0.15) is 20.3 Å². The molecule has 0 aromatic heterocycles. The van der Waals surface area contributed by atoms with Crippen molar-refractivity contribution in [1.29, 1.82) is 0 Å². The monoisotopic (exact) mass is 231 g/mol. The zero-order chi connectivity index (χ0) is 11.8. The Hall–Kier alpha value is -1.04. The molecule has 1 amide bonds. The number of likely N-dealkylation sites (tertiary alicyclic amines) is 1.